The maximum absolute atomic E-state index is 13.3. The Balaban J connectivity index is 2.30. The van der Waals surface area contributed by atoms with Gasteiger partial charge in [-0.25, -0.2) is 4.39 Å². The van der Waals surface area contributed by atoms with Gasteiger partial charge in [0.15, 0.2) is 5.82 Å². The molecule has 0 fully saturated rings. The molecule has 1 aromatic carbocycles. The van der Waals surface area contributed by atoms with Crippen molar-refractivity contribution in [2.45, 2.75) is 13.5 Å². The number of halogens is 1. The minimum atomic E-state index is -0.535. The van der Waals surface area contributed by atoms with Crippen LogP contribution in [0.3, 0.4) is 0 Å². The molecule has 0 aliphatic rings. The number of nitrogens with zero attached hydrogens (tertiary/aromatic N) is 3. The predicted octanol–water partition coefficient (Wildman–Crippen LogP) is 2.66. The standard InChI is InChI=1S/C12H11FN4/c1-2-17-7-6-12(16-17)15-11-5-3-4-10(13)9(11)8-14/h3-7H,2H2,1H3,(H,15,16). The summed E-state index contributed by atoms with van der Waals surface area (Å²) in [6.45, 7) is 2.73. The molecule has 1 N–H and O–H groups in total. The van der Waals surface area contributed by atoms with Crippen LogP contribution >= 0.6 is 0 Å². The first kappa shape index (κ1) is 11.1. The number of aromatic nitrogens is 2. The van der Waals surface area contributed by atoms with E-state index in [1.807, 2.05) is 19.2 Å². The van der Waals surface area contributed by atoms with Crippen molar-refractivity contribution in [1.82, 2.24) is 9.78 Å². The zero-order valence-corrected chi connectivity index (χ0v) is 9.31. The van der Waals surface area contributed by atoms with Crippen molar-refractivity contribution in [1.29, 1.82) is 5.26 Å². The fourth-order valence-corrected chi connectivity index (χ4v) is 1.48. The molecule has 1 aromatic heterocycles. The van der Waals surface area contributed by atoms with Crippen LogP contribution in [0.2, 0.25) is 0 Å². The molecule has 1 heterocycles. The van der Waals surface area contributed by atoms with Gasteiger partial charge in [-0.2, -0.15) is 10.4 Å². The van der Waals surface area contributed by atoms with Crippen molar-refractivity contribution in [3.05, 3.63) is 41.8 Å². The first-order valence-electron chi connectivity index (χ1n) is 5.23. The second-order valence-electron chi connectivity index (χ2n) is 3.46. The van der Waals surface area contributed by atoms with Crippen LogP contribution in [0.4, 0.5) is 15.9 Å². The van der Waals surface area contributed by atoms with Gasteiger partial charge < -0.3 is 5.32 Å². The summed E-state index contributed by atoms with van der Waals surface area (Å²) in [4.78, 5) is 0. The zero-order chi connectivity index (χ0) is 12.3. The Morgan fingerprint density at radius 3 is 2.94 bits per heavy atom. The third-order valence-corrected chi connectivity index (χ3v) is 2.35. The van der Waals surface area contributed by atoms with Crippen molar-refractivity contribution < 1.29 is 4.39 Å². The van der Waals surface area contributed by atoms with Gasteiger partial charge in [-0.05, 0) is 19.1 Å². The highest BCUT2D eigenvalue weighted by molar-refractivity contribution is 5.64. The van der Waals surface area contributed by atoms with Gasteiger partial charge in [0.05, 0.1) is 5.69 Å². The second kappa shape index (κ2) is 4.66. The SMILES string of the molecule is CCn1ccc(Nc2cccc(F)c2C#N)n1. The molecule has 0 aliphatic carbocycles. The van der Waals surface area contributed by atoms with E-state index in [1.165, 1.54) is 6.07 Å². The quantitative estimate of drug-likeness (QED) is 0.881. The van der Waals surface area contributed by atoms with E-state index in [2.05, 4.69) is 10.4 Å². The highest BCUT2D eigenvalue weighted by Crippen LogP contribution is 2.21. The number of anilines is 2. The topological polar surface area (TPSA) is 53.6 Å². The van der Waals surface area contributed by atoms with Crippen LogP contribution in [0.15, 0.2) is 30.5 Å². The van der Waals surface area contributed by atoms with Crippen molar-refractivity contribution in [2.24, 2.45) is 0 Å². The van der Waals surface area contributed by atoms with Gasteiger partial charge in [0.25, 0.3) is 0 Å². The van der Waals surface area contributed by atoms with Crippen LogP contribution in [-0.2, 0) is 6.54 Å². The number of hydrogen-bond donors (Lipinski definition) is 1. The monoisotopic (exact) mass is 230 g/mol. The molecule has 0 atom stereocenters. The number of aryl methyl sites for hydroxylation is 1. The summed E-state index contributed by atoms with van der Waals surface area (Å²) in [6, 6.07) is 8.06. The molecule has 86 valence electrons. The molecule has 17 heavy (non-hydrogen) atoms. The highest BCUT2D eigenvalue weighted by atomic mass is 19.1. The van der Waals surface area contributed by atoms with Crippen molar-refractivity contribution in [3.8, 4) is 6.07 Å². The number of benzene rings is 1. The lowest BCUT2D eigenvalue weighted by atomic mass is 10.2. The molecule has 2 aromatic rings. The molecule has 0 aliphatic heterocycles. The Hall–Kier alpha value is -2.35. The number of hydrogen-bond acceptors (Lipinski definition) is 3. The van der Waals surface area contributed by atoms with E-state index >= 15 is 0 Å². The molecule has 0 bridgehead atoms. The average Bonchev–Trinajstić information content (AvgIpc) is 2.77. The molecule has 0 amide bonds. The van der Waals surface area contributed by atoms with Gasteiger partial charge in [0.2, 0.25) is 0 Å². The summed E-state index contributed by atoms with van der Waals surface area (Å²) in [7, 11) is 0. The van der Waals surface area contributed by atoms with Gasteiger partial charge in [0, 0.05) is 18.8 Å². The van der Waals surface area contributed by atoms with Crippen LogP contribution in [0.5, 0.6) is 0 Å². The van der Waals surface area contributed by atoms with Crippen LogP contribution in [-0.4, -0.2) is 9.78 Å². The Morgan fingerprint density at radius 1 is 1.47 bits per heavy atom. The largest absolute Gasteiger partial charge is 0.338 e. The zero-order valence-electron chi connectivity index (χ0n) is 9.31. The number of rotatable bonds is 3. The van der Waals surface area contributed by atoms with Gasteiger partial charge in [-0.15, -0.1) is 0 Å². The van der Waals surface area contributed by atoms with Gasteiger partial charge in [-0.3, -0.25) is 4.68 Å². The van der Waals surface area contributed by atoms with E-state index in [1.54, 1.807) is 22.9 Å². The lowest BCUT2D eigenvalue weighted by Gasteiger charge is -2.05. The highest BCUT2D eigenvalue weighted by Gasteiger charge is 2.08. The molecular weight excluding hydrogens is 219 g/mol. The van der Waals surface area contributed by atoms with Crippen molar-refractivity contribution in [3.63, 3.8) is 0 Å². The maximum atomic E-state index is 13.3. The minimum Gasteiger partial charge on any atom is -0.338 e. The fraction of sp³-hybridized carbons (Fsp3) is 0.167. The molecule has 4 nitrogen and oxygen atoms in total. The maximum Gasteiger partial charge on any atom is 0.152 e. The Kier molecular flexibility index (Phi) is 3.06. The molecule has 0 saturated carbocycles. The molecule has 0 radical (unpaired) electrons. The van der Waals surface area contributed by atoms with E-state index in [0.29, 0.717) is 11.5 Å². The van der Waals surface area contributed by atoms with Gasteiger partial charge in [0.1, 0.15) is 17.4 Å². The Morgan fingerprint density at radius 2 is 2.29 bits per heavy atom. The fourth-order valence-electron chi connectivity index (χ4n) is 1.48. The third kappa shape index (κ3) is 2.26. The Labute approximate surface area is 98.3 Å². The van der Waals surface area contributed by atoms with Crippen LogP contribution in [0.1, 0.15) is 12.5 Å². The van der Waals surface area contributed by atoms with Crippen molar-refractivity contribution in [2.75, 3.05) is 5.32 Å². The minimum absolute atomic E-state index is 0.00134. The summed E-state index contributed by atoms with van der Waals surface area (Å²) in [5, 5.41) is 16.0. The summed E-state index contributed by atoms with van der Waals surface area (Å²) in [5.74, 6) is 0.0568. The second-order valence-corrected chi connectivity index (χ2v) is 3.46. The molecule has 0 unspecified atom stereocenters. The lowest BCUT2D eigenvalue weighted by Crippen LogP contribution is -1.99. The third-order valence-electron chi connectivity index (χ3n) is 2.35. The van der Waals surface area contributed by atoms with E-state index in [4.69, 9.17) is 5.26 Å². The normalized spacial score (nSPS) is 9.94. The Bertz CT molecular complexity index is 568. The van der Waals surface area contributed by atoms with E-state index < -0.39 is 5.82 Å². The van der Waals surface area contributed by atoms with E-state index in [9.17, 15) is 4.39 Å². The van der Waals surface area contributed by atoms with Gasteiger partial charge in [-0.1, -0.05) is 6.07 Å². The van der Waals surface area contributed by atoms with E-state index in [-0.39, 0.29) is 5.56 Å². The molecule has 5 heteroatoms. The van der Waals surface area contributed by atoms with Crippen LogP contribution in [0.25, 0.3) is 0 Å². The first-order valence-corrected chi connectivity index (χ1v) is 5.23. The summed E-state index contributed by atoms with van der Waals surface area (Å²) in [5.41, 5.74) is 0.424. The van der Waals surface area contributed by atoms with Gasteiger partial charge >= 0.3 is 0 Å². The molecular formula is C12H11FN4. The number of nitrogens with one attached hydrogen (secondary N) is 1. The molecule has 2 rings (SSSR count). The molecule has 0 spiro atoms. The molecule has 0 saturated heterocycles. The summed E-state index contributed by atoms with van der Waals surface area (Å²) in [6.07, 6.45) is 1.81. The van der Waals surface area contributed by atoms with Crippen LogP contribution < -0.4 is 5.32 Å². The predicted molar refractivity (Wildman–Crippen MR) is 62.3 cm³/mol. The van der Waals surface area contributed by atoms with E-state index in [0.717, 1.165) is 6.54 Å². The van der Waals surface area contributed by atoms with Crippen molar-refractivity contribution >= 4 is 11.5 Å². The average molecular weight is 230 g/mol. The van der Waals surface area contributed by atoms with Crippen LogP contribution in [0, 0.1) is 17.1 Å². The first-order chi connectivity index (χ1) is 8.24. The lowest BCUT2D eigenvalue weighted by molar-refractivity contribution is 0.624. The smallest absolute Gasteiger partial charge is 0.152 e. The summed E-state index contributed by atoms with van der Waals surface area (Å²) < 4.78 is 15.1. The number of nitriles is 1. The summed E-state index contributed by atoms with van der Waals surface area (Å²) >= 11 is 0.